The Morgan fingerprint density at radius 3 is 3.15 bits per heavy atom. The lowest BCUT2D eigenvalue weighted by atomic mass is 9.95. The molecule has 0 saturated carbocycles. The van der Waals surface area contributed by atoms with Crippen LogP contribution < -0.4 is 4.74 Å². The number of aldehydes is 1. The molecule has 0 amide bonds. The fourth-order valence-electron chi connectivity index (χ4n) is 1.53. The van der Waals surface area contributed by atoms with Crippen molar-refractivity contribution >= 4 is 22.2 Å². The molecule has 0 radical (unpaired) electrons. The normalized spacial score (nSPS) is 20.2. The van der Waals surface area contributed by atoms with Crippen LogP contribution in [-0.2, 0) is 4.79 Å². The van der Waals surface area contributed by atoms with E-state index in [0.717, 1.165) is 28.5 Å². The zero-order valence-corrected chi connectivity index (χ0v) is 8.58. The maximum absolute atomic E-state index is 10.7. The molecule has 1 unspecified atom stereocenters. The number of carbonyl (C=O) groups is 1. The summed E-state index contributed by atoms with van der Waals surface area (Å²) in [6.07, 6.45) is 1.79. The summed E-state index contributed by atoms with van der Waals surface area (Å²) in [5.74, 6) is 0.842. The molecule has 0 saturated heterocycles. The largest absolute Gasteiger partial charge is 0.493 e. The van der Waals surface area contributed by atoms with Gasteiger partial charge < -0.3 is 9.53 Å². The van der Waals surface area contributed by atoms with Crippen LogP contribution in [-0.4, -0.2) is 12.9 Å². The predicted molar refractivity (Wildman–Crippen MR) is 53.1 cm³/mol. The summed E-state index contributed by atoms with van der Waals surface area (Å²) >= 11 is 3.36. The highest BCUT2D eigenvalue weighted by Gasteiger charge is 2.20. The third-order valence-electron chi connectivity index (χ3n) is 2.23. The van der Waals surface area contributed by atoms with Crippen molar-refractivity contribution < 1.29 is 9.53 Å². The van der Waals surface area contributed by atoms with Crippen LogP contribution in [0, 0.1) is 0 Å². The minimum Gasteiger partial charge on any atom is -0.493 e. The van der Waals surface area contributed by atoms with E-state index in [1.165, 1.54) is 0 Å². The SMILES string of the molecule is O=CC1CCOc2cc(Br)ccc21. The Labute approximate surface area is 85.0 Å². The summed E-state index contributed by atoms with van der Waals surface area (Å²) in [6.45, 7) is 0.632. The molecule has 2 nitrogen and oxygen atoms in total. The van der Waals surface area contributed by atoms with E-state index in [2.05, 4.69) is 15.9 Å². The van der Waals surface area contributed by atoms with Gasteiger partial charge in [0.1, 0.15) is 12.0 Å². The maximum atomic E-state index is 10.7. The molecule has 0 bridgehead atoms. The second-order valence-electron chi connectivity index (χ2n) is 3.06. The predicted octanol–water partition coefficient (Wildman–Crippen LogP) is 2.51. The van der Waals surface area contributed by atoms with Gasteiger partial charge in [-0.15, -0.1) is 0 Å². The second kappa shape index (κ2) is 3.50. The average Bonchev–Trinajstić information content (AvgIpc) is 2.16. The molecule has 1 aliphatic heterocycles. The first-order valence-electron chi connectivity index (χ1n) is 4.19. The highest BCUT2D eigenvalue weighted by molar-refractivity contribution is 9.10. The third kappa shape index (κ3) is 1.61. The Morgan fingerprint density at radius 2 is 2.38 bits per heavy atom. The minimum absolute atomic E-state index is 0.0110. The Morgan fingerprint density at radius 1 is 1.54 bits per heavy atom. The molecule has 1 heterocycles. The fourth-order valence-corrected chi connectivity index (χ4v) is 1.87. The van der Waals surface area contributed by atoms with Gasteiger partial charge in [-0.1, -0.05) is 22.0 Å². The van der Waals surface area contributed by atoms with Gasteiger partial charge in [-0.3, -0.25) is 0 Å². The van der Waals surface area contributed by atoms with Crippen molar-refractivity contribution in [2.24, 2.45) is 0 Å². The lowest BCUT2D eigenvalue weighted by Gasteiger charge is -2.21. The molecular formula is C10H9BrO2. The minimum atomic E-state index is 0.0110. The van der Waals surface area contributed by atoms with Crippen LogP contribution in [0.3, 0.4) is 0 Å². The van der Waals surface area contributed by atoms with Crippen LogP contribution in [0.1, 0.15) is 17.9 Å². The van der Waals surface area contributed by atoms with Gasteiger partial charge in [0.25, 0.3) is 0 Å². The molecule has 2 rings (SSSR count). The lowest BCUT2D eigenvalue weighted by molar-refractivity contribution is -0.109. The monoisotopic (exact) mass is 240 g/mol. The van der Waals surface area contributed by atoms with Crippen LogP contribution in [0.4, 0.5) is 0 Å². The molecule has 0 fully saturated rings. The molecule has 0 spiro atoms. The fraction of sp³-hybridized carbons (Fsp3) is 0.300. The number of hydrogen-bond donors (Lipinski definition) is 0. The second-order valence-corrected chi connectivity index (χ2v) is 3.98. The van der Waals surface area contributed by atoms with E-state index in [4.69, 9.17) is 4.74 Å². The lowest BCUT2D eigenvalue weighted by Crippen LogP contribution is -2.14. The van der Waals surface area contributed by atoms with E-state index in [-0.39, 0.29) is 5.92 Å². The highest BCUT2D eigenvalue weighted by atomic mass is 79.9. The number of rotatable bonds is 1. The molecule has 1 aromatic rings. The van der Waals surface area contributed by atoms with Gasteiger partial charge >= 0.3 is 0 Å². The van der Waals surface area contributed by atoms with E-state index in [0.29, 0.717) is 6.61 Å². The number of hydrogen-bond acceptors (Lipinski definition) is 2. The molecule has 1 aromatic carbocycles. The summed E-state index contributed by atoms with van der Waals surface area (Å²) in [4.78, 5) is 10.7. The summed E-state index contributed by atoms with van der Waals surface area (Å²) in [5.41, 5.74) is 1.00. The van der Waals surface area contributed by atoms with Gasteiger partial charge in [0.15, 0.2) is 0 Å². The van der Waals surface area contributed by atoms with Crippen molar-refractivity contribution in [3.8, 4) is 5.75 Å². The topological polar surface area (TPSA) is 26.3 Å². The summed E-state index contributed by atoms with van der Waals surface area (Å²) in [6, 6.07) is 5.78. The van der Waals surface area contributed by atoms with Gasteiger partial charge in [-0.05, 0) is 18.6 Å². The molecule has 68 valence electrons. The number of benzene rings is 1. The molecule has 0 aliphatic carbocycles. The van der Waals surface area contributed by atoms with Crippen LogP contribution in [0.2, 0.25) is 0 Å². The van der Waals surface area contributed by atoms with Crippen molar-refractivity contribution in [3.63, 3.8) is 0 Å². The first kappa shape index (κ1) is 8.75. The van der Waals surface area contributed by atoms with Crippen LogP contribution in [0.25, 0.3) is 0 Å². The van der Waals surface area contributed by atoms with Crippen molar-refractivity contribution in [1.82, 2.24) is 0 Å². The maximum Gasteiger partial charge on any atom is 0.127 e. The molecule has 3 heteroatoms. The zero-order valence-electron chi connectivity index (χ0n) is 7.00. The van der Waals surface area contributed by atoms with Crippen LogP contribution in [0.5, 0.6) is 5.75 Å². The van der Waals surface area contributed by atoms with E-state index in [1.807, 2.05) is 18.2 Å². The van der Waals surface area contributed by atoms with Crippen molar-refractivity contribution in [2.75, 3.05) is 6.61 Å². The van der Waals surface area contributed by atoms with Crippen molar-refractivity contribution in [1.29, 1.82) is 0 Å². The van der Waals surface area contributed by atoms with Gasteiger partial charge in [-0.2, -0.15) is 0 Å². The van der Waals surface area contributed by atoms with E-state index in [1.54, 1.807) is 0 Å². The third-order valence-corrected chi connectivity index (χ3v) is 2.72. The van der Waals surface area contributed by atoms with Crippen molar-refractivity contribution in [3.05, 3.63) is 28.2 Å². The Balaban J connectivity index is 2.45. The Kier molecular flexibility index (Phi) is 2.36. The first-order valence-corrected chi connectivity index (χ1v) is 4.98. The van der Waals surface area contributed by atoms with Gasteiger partial charge in [0.2, 0.25) is 0 Å². The van der Waals surface area contributed by atoms with Crippen LogP contribution in [0.15, 0.2) is 22.7 Å². The van der Waals surface area contributed by atoms with E-state index in [9.17, 15) is 4.79 Å². The zero-order chi connectivity index (χ0) is 9.26. The highest BCUT2D eigenvalue weighted by Crippen LogP contribution is 2.34. The molecule has 1 atom stereocenters. The number of carbonyl (C=O) groups excluding carboxylic acids is 1. The summed E-state index contributed by atoms with van der Waals surface area (Å²) in [5, 5.41) is 0. The summed E-state index contributed by atoms with van der Waals surface area (Å²) < 4.78 is 6.43. The average molecular weight is 241 g/mol. The molecule has 13 heavy (non-hydrogen) atoms. The van der Waals surface area contributed by atoms with Gasteiger partial charge in [0, 0.05) is 16.0 Å². The Hall–Kier alpha value is -0.830. The van der Waals surface area contributed by atoms with Crippen molar-refractivity contribution in [2.45, 2.75) is 12.3 Å². The van der Waals surface area contributed by atoms with Gasteiger partial charge in [0.05, 0.1) is 6.61 Å². The Bertz CT molecular complexity index is 336. The number of halogens is 1. The number of fused-ring (bicyclic) bond motifs is 1. The smallest absolute Gasteiger partial charge is 0.127 e. The molecule has 1 aliphatic rings. The van der Waals surface area contributed by atoms with E-state index < -0.39 is 0 Å². The van der Waals surface area contributed by atoms with Gasteiger partial charge in [-0.25, -0.2) is 0 Å². The first-order chi connectivity index (χ1) is 6.31. The van der Waals surface area contributed by atoms with E-state index >= 15 is 0 Å². The number of ether oxygens (including phenoxy) is 1. The molecule has 0 aromatic heterocycles. The standard InChI is InChI=1S/C10H9BrO2/c11-8-1-2-9-7(6-12)3-4-13-10(9)5-8/h1-2,5-7H,3-4H2. The quantitative estimate of drug-likeness (QED) is 0.706. The summed E-state index contributed by atoms with van der Waals surface area (Å²) in [7, 11) is 0. The molecule has 0 N–H and O–H groups in total. The molecular weight excluding hydrogens is 232 g/mol. The van der Waals surface area contributed by atoms with Crippen LogP contribution >= 0.6 is 15.9 Å².